The van der Waals surface area contributed by atoms with Crippen molar-refractivity contribution in [1.82, 2.24) is 0 Å². The maximum absolute atomic E-state index is 10.2. The first-order valence-corrected chi connectivity index (χ1v) is 8.50. The van der Waals surface area contributed by atoms with Gasteiger partial charge in [-0.3, -0.25) is 0 Å². The van der Waals surface area contributed by atoms with Gasteiger partial charge < -0.3 is 24.1 Å². The van der Waals surface area contributed by atoms with Crippen LogP contribution < -0.4 is 18.9 Å². The molecule has 1 heterocycles. The molecule has 2 aromatic rings. The molecule has 1 N–H and O–H groups in total. The quantitative estimate of drug-likeness (QED) is 0.842. The largest absolute Gasteiger partial charge is 0.502 e. The zero-order valence-corrected chi connectivity index (χ0v) is 15.7. The fraction of sp³-hybridized carbons (Fsp3) is 0.333. The lowest BCUT2D eigenvalue weighted by molar-refractivity contribution is 0.207. The summed E-state index contributed by atoms with van der Waals surface area (Å²) in [5, 5.41) is 10.2. The summed E-state index contributed by atoms with van der Waals surface area (Å²) in [6, 6.07) is 7.65. The van der Waals surface area contributed by atoms with E-state index < -0.39 is 0 Å². The molecule has 0 radical (unpaired) electrons. The van der Waals surface area contributed by atoms with E-state index in [9.17, 15) is 5.11 Å². The van der Waals surface area contributed by atoms with Crippen LogP contribution in [0.25, 0.3) is 6.08 Å². The zero-order chi connectivity index (χ0) is 18.8. The lowest BCUT2D eigenvalue weighted by Gasteiger charge is -2.18. The Bertz CT molecular complexity index is 816. The van der Waals surface area contributed by atoms with Crippen molar-refractivity contribution in [3.63, 3.8) is 0 Å². The lowest BCUT2D eigenvalue weighted by Crippen LogP contribution is -2.08. The van der Waals surface area contributed by atoms with Crippen LogP contribution in [0.2, 0.25) is 0 Å². The van der Waals surface area contributed by atoms with Crippen molar-refractivity contribution < 1.29 is 24.1 Å². The molecule has 0 aliphatic carbocycles. The predicted molar refractivity (Wildman–Crippen MR) is 101 cm³/mol. The Morgan fingerprint density at radius 1 is 0.962 bits per heavy atom. The molecule has 5 nitrogen and oxygen atoms in total. The van der Waals surface area contributed by atoms with Crippen molar-refractivity contribution in [3.05, 3.63) is 47.0 Å². The van der Waals surface area contributed by atoms with Crippen LogP contribution in [0, 0.1) is 0 Å². The maximum atomic E-state index is 10.2. The molecule has 2 atom stereocenters. The first kappa shape index (κ1) is 18.0. The van der Waals surface area contributed by atoms with E-state index in [0.717, 1.165) is 22.4 Å². The number of fused-ring (bicyclic) bond motifs is 1. The van der Waals surface area contributed by atoms with Crippen molar-refractivity contribution in [2.24, 2.45) is 0 Å². The topological polar surface area (TPSA) is 57.2 Å². The number of methoxy groups -OCH3 is 3. The van der Waals surface area contributed by atoms with Gasteiger partial charge in [0, 0.05) is 17.0 Å². The third-order valence-corrected chi connectivity index (χ3v) is 4.71. The van der Waals surface area contributed by atoms with Gasteiger partial charge in [-0.2, -0.15) is 0 Å². The molecule has 0 saturated heterocycles. The summed E-state index contributed by atoms with van der Waals surface area (Å²) in [6.07, 6.45) is 3.80. The number of benzene rings is 2. The third-order valence-electron chi connectivity index (χ3n) is 4.71. The molecule has 1 aliphatic heterocycles. The van der Waals surface area contributed by atoms with Crippen molar-refractivity contribution in [3.8, 4) is 28.7 Å². The van der Waals surface area contributed by atoms with Crippen LogP contribution in [-0.2, 0) is 0 Å². The number of allylic oxidation sites excluding steroid dienone is 1. The van der Waals surface area contributed by atoms with E-state index in [2.05, 4.69) is 13.0 Å². The van der Waals surface area contributed by atoms with Gasteiger partial charge in [0.15, 0.2) is 23.0 Å². The summed E-state index contributed by atoms with van der Waals surface area (Å²) in [5.74, 6) is 2.25. The van der Waals surface area contributed by atoms with Crippen LogP contribution in [0.4, 0.5) is 0 Å². The Morgan fingerprint density at radius 2 is 1.58 bits per heavy atom. The number of aromatic hydroxyl groups is 1. The highest BCUT2D eigenvalue weighted by atomic mass is 16.5. The van der Waals surface area contributed by atoms with Gasteiger partial charge >= 0.3 is 0 Å². The maximum Gasteiger partial charge on any atom is 0.200 e. The molecule has 0 unspecified atom stereocenters. The fourth-order valence-electron chi connectivity index (χ4n) is 3.38. The number of ether oxygens (including phenoxy) is 4. The minimum Gasteiger partial charge on any atom is -0.502 e. The molecule has 138 valence electrons. The summed E-state index contributed by atoms with van der Waals surface area (Å²) in [4.78, 5) is 0. The molecule has 0 bridgehead atoms. The molecule has 5 heteroatoms. The highest BCUT2D eigenvalue weighted by molar-refractivity contribution is 5.62. The molecular formula is C21H24O5. The van der Waals surface area contributed by atoms with E-state index in [1.54, 1.807) is 19.2 Å². The number of phenolic OH excluding ortho intramolecular Hbond substituents is 1. The summed E-state index contributed by atoms with van der Waals surface area (Å²) >= 11 is 0. The lowest BCUT2D eigenvalue weighted by atomic mass is 9.91. The Morgan fingerprint density at radius 3 is 2.12 bits per heavy atom. The summed E-state index contributed by atoms with van der Waals surface area (Å²) in [7, 11) is 4.67. The van der Waals surface area contributed by atoms with Crippen LogP contribution >= 0.6 is 0 Å². The number of rotatable bonds is 5. The number of hydrogen-bond acceptors (Lipinski definition) is 5. The van der Waals surface area contributed by atoms with Crippen LogP contribution in [-0.4, -0.2) is 26.4 Å². The Labute approximate surface area is 153 Å². The molecule has 26 heavy (non-hydrogen) atoms. The Kier molecular flexibility index (Phi) is 4.98. The van der Waals surface area contributed by atoms with E-state index in [4.69, 9.17) is 18.9 Å². The van der Waals surface area contributed by atoms with Gasteiger partial charge in [0.05, 0.1) is 21.3 Å². The second-order valence-corrected chi connectivity index (χ2v) is 6.24. The molecule has 0 spiro atoms. The van der Waals surface area contributed by atoms with Crippen LogP contribution in [0.15, 0.2) is 30.3 Å². The Hall–Kier alpha value is -2.82. The van der Waals surface area contributed by atoms with Crippen LogP contribution in [0.3, 0.4) is 0 Å². The van der Waals surface area contributed by atoms with Crippen molar-refractivity contribution in [2.75, 3.05) is 21.3 Å². The zero-order valence-electron chi connectivity index (χ0n) is 15.7. The van der Waals surface area contributed by atoms with Gasteiger partial charge in [0.1, 0.15) is 6.10 Å². The van der Waals surface area contributed by atoms with E-state index in [1.807, 2.05) is 25.1 Å². The van der Waals surface area contributed by atoms with E-state index in [0.29, 0.717) is 17.2 Å². The predicted octanol–water partition coefficient (Wildman–Crippen LogP) is 4.69. The molecule has 0 fully saturated rings. The highest BCUT2D eigenvalue weighted by Crippen LogP contribution is 2.52. The second kappa shape index (κ2) is 7.20. The SMILES string of the molecule is CC=Cc1cc(OC)c2c(c1)[C@H](C)[C@@H](c1cc(OC)c(O)c(OC)c1)O2. The van der Waals surface area contributed by atoms with Gasteiger partial charge in [-0.05, 0) is 36.8 Å². The number of hydrogen-bond donors (Lipinski definition) is 1. The molecule has 3 rings (SSSR count). The summed E-state index contributed by atoms with van der Waals surface area (Å²) in [6.45, 7) is 4.10. The van der Waals surface area contributed by atoms with Crippen LogP contribution in [0.1, 0.15) is 42.6 Å². The molecule has 0 aromatic heterocycles. The smallest absolute Gasteiger partial charge is 0.200 e. The molecule has 2 aromatic carbocycles. The van der Waals surface area contributed by atoms with Crippen molar-refractivity contribution >= 4 is 6.08 Å². The Balaban J connectivity index is 2.07. The van der Waals surface area contributed by atoms with Gasteiger partial charge in [-0.15, -0.1) is 0 Å². The molecule has 1 aliphatic rings. The van der Waals surface area contributed by atoms with Crippen molar-refractivity contribution in [2.45, 2.75) is 25.9 Å². The normalized spacial score (nSPS) is 18.5. The average molecular weight is 356 g/mol. The monoisotopic (exact) mass is 356 g/mol. The standard InChI is InChI=1S/C21H24O5/c1-6-7-13-8-15-12(2)20(26-21(15)18(9-13)25-5)14-10-16(23-3)19(22)17(11-14)24-4/h6-12,20,22H,1-5H3/t12-,20-/m0/s1. The second-order valence-electron chi connectivity index (χ2n) is 6.24. The molecule has 0 amide bonds. The van der Waals surface area contributed by atoms with Gasteiger partial charge in [-0.1, -0.05) is 19.1 Å². The van der Waals surface area contributed by atoms with Gasteiger partial charge in [-0.25, -0.2) is 0 Å². The van der Waals surface area contributed by atoms with Gasteiger partial charge in [0.25, 0.3) is 0 Å². The van der Waals surface area contributed by atoms with E-state index in [-0.39, 0.29) is 17.8 Å². The third kappa shape index (κ3) is 2.94. The van der Waals surface area contributed by atoms with E-state index >= 15 is 0 Å². The van der Waals surface area contributed by atoms with Crippen molar-refractivity contribution in [1.29, 1.82) is 0 Å². The average Bonchev–Trinajstić information content (AvgIpc) is 2.98. The first-order valence-electron chi connectivity index (χ1n) is 8.50. The van der Waals surface area contributed by atoms with Gasteiger partial charge in [0.2, 0.25) is 5.75 Å². The highest BCUT2D eigenvalue weighted by Gasteiger charge is 2.36. The molecular weight excluding hydrogens is 332 g/mol. The van der Waals surface area contributed by atoms with Crippen LogP contribution in [0.5, 0.6) is 28.7 Å². The minimum atomic E-state index is -0.233. The van der Waals surface area contributed by atoms with E-state index in [1.165, 1.54) is 14.2 Å². The first-order chi connectivity index (χ1) is 12.5. The minimum absolute atomic E-state index is 0.0186. The fourth-order valence-corrected chi connectivity index (χ4v) is 3.38. The number of phenols is 1. The molecule has 0 saturated carbocycles. The summed E-state index contributed by atoms with van der Waals surface area (Å²) in [5.41, 5.74) is 3.03. The summed E-state index contributed by atoms with van der Waals surface area (Å²) < 4.78 is 22.3.